The Morgan fingerprint density at radius 1 is 1.25 bits per heavy atom. The largest absolute Gasteiger partial charge is 0.314 e. The molecule has 88 valence electrons. The van der Waals surface area contributed by atoms with Gasteiger partial charge in [-0.1, -0.05) is 6.42 Å². The summed E-state index contributed by atoms with van der Waals surface area (Å²) in [5.74, 6) is -0.648. The fraction of sp³-hybridized carbons (Fsp3) is 0.538. The molecular formula is C13H17F2N. The van der Waals surface area contributed by atoms with E-state index in [1.807, 2.05) is 0 Å². The lowest BCUT2D eigenvalue weighted by atomic mass is 9.98. The highest BCUT2D eigenvalue weighted by atomic mass is 19.1. The maximum Gasteiger partial charge on any atom is 0.126 e. The molecule has 16 heavy (non-hydrogen) atoms. The van der Waals surface area contributed by atoms with Crippen molar-refractivity contribution in [3.8, 4) is 0 Å². The van der Waals surface area contributed by atoms with Crippen LogP contribution in [0.25, 0.3) is 0 Å². The van der Waals surface area contributed by atoms with Crippen molar-refractivity contribution in [3.63, 3.8) is 0 Å². The fourth-order valence-electron chi connectivity index (χ4n) is 2.24. The second kappa shape index (κ2) is 5.39. The molecule has 1 saturated heterocycles. The Bertz CT molecular complexity index is 346. The molecule has 0 aromatic heterocycles. The molecule has 1 aliphatic rings. The Labute approximate surface area is 94.9 Å². The van der Waals surface area contributed by atoms with Crippen LogP contribution < -0.4 is 5.32 Å². The zero-order valence-corrected chi connectivity index (χ0v) is 9.31. The molecule has 1 aromatic carbocycles. The van der Waals surface area contributed by atoms with Crippen molar-refractivity contribution < 1.29 is 8.78 Å². The second-order valence-electron chi connectivity index (χ2n) is 4.42. The summed E-state index contributed by atoms with van der Waals surface area (Å²) in [5, 5.41) is 3.41. The summed E-state index contributed by atoms with van der Waals surface area (Å²) < 4.78 is 26.3. The van der Waals surface area contributed by atoms with Crippen molar-refractivity contribution in [1.82, 2.24) is 5.32 Å². The van der Waals surface area contributed by atoms with Gasteiger partial charge in [-0.3, -0.25) is 0 Å². The zero-order chi connectivity index (χ0) is 11.4. The van der Waals surface area contributed by atoms with Crippen molar-refractivity contribution in [3.05, 3.63) is 35.4 Å². The zero-order valence-electron chi connectivity index (χ0n) is 9.31. The van der Waals surface area contributed by atoms with Crippen LogP contribution in [0.4, 0.5) is 8.78 Å². The number of benzene rings is 1. The molecule has 0 saturated carbocycles. The molecule has 1 fully saturated rings. The minimum absolute atomic E-state index is 0.294. The SMILES string of the molecule is Fc1ccc(F)c(CCC2CCCCN2)c1. The van der Waals surface area contributed by atoms with Crippen LogP contribution in [0.3, 0.4) is 0 Å². The normalized spacial score (nSPS) is 21.0. The molecule has 0 radical (unpaired) electrons. The third-order valence-electron chi connectivity index (χ3n) is 3.18. The van der Waals surface area contributed by atoms with Crippen LogP contribution in [0, 0.1) is 11.6 Å². The van der Waals surface area contributed by atoms with Gasteiger partial charge in [0.1, 0.15) is 11.6 Å². The number of nitrogens with one attached hydrogen (secondary N) is 1. The number of aryl methyl sites for hydroxylation is 1. The monoisotopic (exact) mass is 225 g/mol. The summed E-state index contributed by atoms with van der Waals surface area (Å²) in [6.45, 7) is 1.05. The van der Waals surface area contributed by atoms with Crippen molar-refractivity contribution in [2.75, 3.05) is 6.54 Å². The van der Waals surface area contributed by atoms with Crippen molar-refractivity contribution in [1.29, 1.82) is 0 Å². The molecule has 1 nitrogen and oxygen atoms in total. The van der Waals surface area contributed by atoms with Gasteiger partial charge in [-0.2, -0.15) is 0 Å². The first-order valence-corrected chi connectivity index (χ1v) is 5.93. The third-order valence-corrected chi connectivity index (χ3v) is 3.18. The highest BCUT2D eigenvalue weighted by Crippen LogP contribution is 2.16. The van der Waals surface area contributed by atoms with Crippen LogP contribution in [-0.2, 0) is 6.42 Å². The Morgan fingerprint density at radius 3 is 2.88 bits per heavy atom. The highest BCUT2D eigenvalue weighted by Gasteiger charge is 2.13. The molecule has 0 bridgehead atoms. The predicted octanol–water partition coefficient (Wildman–Crippen LogP) is 3.04. The molecule has 1 heterocycles. The van der Waals surface area contributed by atoms with Gasteiger partial charge in [0, 0.05) is 6.04 Å². The van der Waals surface area contributed by atoms with E-state index in [0.717, 1.165) is 25.5 Å². The van der Waals surface area contributed by atoms with E-state index in [4.69, 9.17) is 0 Å². The van der Waals surface area contributed by atoms with Crippen molar-refractivity contribution in [2.24, 2.45) is 0 Å². The van der Waals surface area contributed by atoms with Crippen LogP contribution in [0.15, 0.2) is 18.2 Å². The van der Waals surface area contributed by atoms with E-state index in [1.165, 1.54) is 25.0 Å². The van der Waals surface area contributed by atoms with Crippen LogP contribution in [0.5, 0.6) is 0 Å². The summed E-state index contributed by atoms with van der Waals surface area (Å²) >= 11 is 0. The van der Waals surface area contributed by atoms with Crippen LogP contribution in [0.2, 0.25) is 0 Å². The average molecular weight is 225 g/mol. The van der Waals surface area contributed by atoms with Crippen LogP contribution >= 0.6 is 0 Å². The fourth-order valence-corrected chi connectivity index (χ4v) is 2.24. The van der Waals surface area contributed by atoms with Gasteiger partial charge >= 0.3 is 0 Å². The van der Waals surface area contributed by atoms with E-state index < -0.39 is 0 Å². The number of halogens is 2. The number of piperidine rings is 1. The van der Waals surface area contributed by atoms with Crippen LogP contribution in [-0.4, -0.2) is 12.6 Å². The van der Waals surface area contributed by atoms with Crippen LogP contribution in [0.1, 0.15) is 31.2 Å². The minimum atomic E-state index is -0.354. The standard InChI is InChI=1S/C13H17F2N/c14-11-5-7-13(15)10(9-11)4-6-12-3-1-2-8-16-12/h5,7,9,12,16H,1-4,6,8H2. The van der Waals surface area contributed by atoms with E-state index in [-0.39, 0.29) is 11.6 Å². The lowest BCUT2D eigenvalue weighted by molar-refractivity contribution is 0.381. The molecule has 0 amide bonds. The maximum atomic E-state index is 13.3. The van der Waals surface area contributed by atoms with Gasteiger partial charge in [0.15, 0.2) is 0 Å². The summed E-state index contributed by atoms with van der Waals surface area (Å²) in [4.78, 5) is 0. The molecule has 1 N–H and O–H groups in total. The lowest BCUT2D eigenvalue weighted by Crippen LogP contribution is -2.34. The van der Waals surface area contributed by atoms with Crippen molar-refractivity contribution in [2.45, 2.75) is 38.1 Å². The van der Waals surface area contributed by atoms with Gasteiger partial charge in [-0.05, 0) is 56.0 Å². The van der Waals surface area contributed by atoms with Gasteiger partial charge < -0.3 is 5.32 Å². The molecule has 1 atom stereocenters. The Balaban J connectivity index is 1.90. The van der Waals surface area contributed by atoms with Gasteiger partial charge in [0.2, 0.25) is 0 Å². The Morgan fingerprint density at radius 2 is 2.12 bits per heavy atom. The molecule has 0 spiro atoms. The summed E-state index contributed by atoms with van der Waals surface area (Å²) in [7, 11) is 0. The highest BCUT2D eigenvalue weighted by molar-refractivity contribution is 5.18. The molecule has 0 aliphatic carbocycles. The first-order valence-electron chi connectivity index (χ1n) is 5.93. The molecule has 2 rings (SSSR count). The summed E-state index contributed by atoms with van der Waals surface area (Å²) in [6.07, 6.45) is 5.12. The quantitative estimate of drug-likeness (QED) is 0.833. The summed E-state index contributed by atoms with van der Waals surface area (Å²) in [5.41, 5.74) is 0.493. The first kappa shape index (κ1) is 11.5. The number of hydrogen-bond acceptors (Lipinski definition) is 1. The maximum absolute atomic E-state index is 13.3. The van der Waals surface area contributed by atoms with Gasteiger partial charge in [-0.15, -0.1) is 0 Å². The molecule has 1 unspecified atom stereocenters. The Hall–Kier alpha value is -0.960. The molecular weight excluding hydrogens is 208 g/mol. The summed E-state index contributed by atoms with van der Waals surface area (Å²) in [6, 6.07) is 4.14. The second-order valence-corrected chi connectivity index (χ2v) is 4.42. The van der Waals surface area contributed by atoms with Gasteiger partial charge in [0.05, 0.1) is 0 Å². The van der Waals surface area contributed by atoms with Gasteiger partial charge in [0.25, 0.3) is 0 Å². The van der Waals surface area contributed by atoms with E-state index in [0.29, 0.717) is 18.0 Å². The Kier molecular flexibility index (Phi) is 3.88. The van der Waals surface area contributed by atoms with E-state index >= 15 is 0 Å². The average Bonchev–Trinajstić information content (AvgIpc) is 2.32. The first-order chi connectivity index (χ1) is 7.75. The van der Waals surface area contributed by atoms with E-state index in [2.05, 4.69) is 5.32 Å². The van der Waals surface area contributed by atoms with E-state index in [9.17, 15) is 8.78 Å². The lowest BCUT2D eigenvalue weighted by Gasteiger charge is -2.23. The predicted molar refractivity (Wildman–Crippen MR) is 60.3 cm³/mol. The molecule has 1 aliphatic heterocycles. The smallest absolute Gasteiger partial charge is 0.126 e. The van der Waals surface area contributed by atoms with Crippen molar-refractivity contribution >= 4 is 0 Å². The van der Waals surface area contributed by atoms with E-state index in [1.54, 1.807) is 0 Å². The molecule has 1 aromatic rings. The number of rotatable bonds is 3. The van der Waals surface area contributed by atoms with Gasteiger partial charge in [-0.25, -0.2) is 8.78 Å². The topological polar surface area (TPSA) is 12.0 Å². The minimum Gasteiger partial charge on any atom is -0.314 e. The third kappa shape index (κ3) is 3.01. The molecule has 3 heteroatoms. The number of hydrogen-bond donors (Lipinski definition) is 1.